The summed E-state index contributed by atoms with van der Waals surface area (Å²) in [4.78, 5) is 51.3. The quantitative estimate of drug-likeness (QED) is 0.620. The van der Waals surface area contributed by atoms with Crippen molar-refractivity contribution in [3.63, 3.8) is 0 Å². The first-order valence-corrected chi connectivity index (χ1v) is 9.46. The molecule has 1 saturated carbocycles. The van der Waals surface area contributed by atoms with Crippen molar-refractivity contribution in [3.8, 4) is 0 Å². The molecule has 7 heteroatoms. The van der Waals surface area contributed by atoms with Crippen molar-refractivity contribution in [1.29, 1.82) is 0 Å². The number of carbonyl (C=O) groups excluding carboxylic acids is 4. The van der Waals surface area contributed by atoms with Gasteiger partial charge in [0.25, 0.3) is 0 Å². The predicted molar refractivity (Wildman–Crippen MR) is 102 cm³/mol. The molecule has 2 aliphatic rings. The zero-order valence-corrected chi connectivity index (χ0v) is 16.7. The maximum absolute atomic E-state index is 13.0. The van der Waals surface area contributed by atoms with Gasteiger partial charge >= 0.3 is 5.97 Å². The minimum Gasteiger partial charge on any atom is -0.465 e. The molecule has 3 amide bonds. The summed E-state index contributed by atoms with van der Waals surface area (Å²) in [6.45, 7) is 5.91. The molecule has 1 N–H and O–H groups in total. The Morgan fingerprint density at radius 3 is 2.57 bits per heavy atom. The van der Waals surface area contributed by atoms with Crippen LogP contribution in [0, 0.1) is 16.7 Å². The number of methoxy groups -OCH3 is 1. The van der Waals surface area contributed by atoms with Crippen LogP contribution in [0.3, 0.4) is 0 Å². The van der Waals surface area contributed by atoms with Gasteiger partial charge < -0.3 is 10.1 Å². The van der Waals surface area contributed by atoms with E-state index in [1.54, 1.807) is 24.3 Å². The molecule has 0 spiro atoms. The summed E-state index contributed by atoms with van der Waals surface area (Å²) in [5, 5.41) is 2.67. The van der Waals surface area contributed by atoms with Crippen LogP contribution < -0.4 is 5.32 Å². The Kier molecular flexibility index (Phi) is 5.04. The van der Waals surface area contributed by atoms with Gasteiger partial charge in [-0.25, -0.2) is 4.79 Å². The summed E-state index contributed by atoms with van der Waals surface area (Å²) < 4.78 is 4.72. The van der Waals surface area contributed by atoms with E-state index in [0.717, 1.165) is 0 Å². The molecule has 3 rings (SSSR count). The molecule has 1 aliphatic heterocycles. The summed E-state index contributed by atoms with van der Waals surface area (Å²) in [6, 6.07) is 6.52. The Balaban J connectivity index is 1.69. The molecular formula is C21H26N2O5. The topological polar surface area (TPSA) is 92.8 Å². The lowest BCUT2D eigenvalue weighted by Crippen LogP contribution is -2.59. The van der Waals surface area contributed by atoms with Gasteiger partial charge in [-0.3, -0.25) is 19.3 Å². The fourth-order valence-corrected chi connectivity index (χ4v) is 4.42. The van der Waals surface area contributed by atoms with Crippen LogP contribution in [-0.2, 0) is 19.1 Å². The number of benzene rings is 1. The largest absolute Gasteiger partial charge is 0.465 e. The second-order valence-electron chi connectivity index (χ2n) is 8.28. The van der Waals surface area contributed by atoms with E-state index in [1.165, 1.54) is 12.0 Å². The second kappa shape index (κ2) is 7.04. The van der Waals surface area contributed by atoms with E-state index in [9.17, 15) is 19.2 Å². The highest BCUT2D eigenvalue weighted by Crippen LogP contribution is 2.60. The summed E-state index contributed by atoms with van der Waals surface area (Å²) >= 11 is 0. The van der Waals surface area contributed by atoms with E-state index in [1.807, 2.05) is 20.8 Å². The predicted octanol–water partition coefficient (Wildman–Crippen LogP) is 2.61. The van der Waals surface area contributed by atoms with Gasteiger partial charge in [0.15, 0.2) is 0 Å². The van der Waals surface area contributed by atoms with Crippen LogP contribution >= 0.6 is 0 Å². The average molecular weight is 386 g/mol. The van der Waals surface area contributed by atoms with E-state index in [0.29, 0.717) is 18.5 Å². The molecule has 150 valence electrons. The van der Waals surface area contributed by atoms with Crippen LogP contribution in [0.2, 0.25) is 0 Å². The van der Waals surface area contributed by atoms with Gasteiger partial charge in [0, 0.05) is 18.9 Å². The fraction of sp³-hybridized carbons (Fsp3) is 0.524. The lowest BCUT2D eigenvalue weighted by Gasteiger charge is -2.47. The number of rotatable bonds is 5. The molecule has 7 nitrogen and oxygen atoms in total. The molecule has 1 saturated heterocycles. The molecule has 1 aromatic rings. The Morgan fingerprint density at radius 1 is 1.21 bits per heavy atom. The highest BCUT2D eigenvalue weighted by atomic mass is 16.5. The minimum absolute atomic E-state index is 0.0315. The first-order chi connectivity index (χ1) is 13.1. The molecule has 2 atom stereocenters. The standard InChI is InChI=1S/C21H26N2O5/c1-20(2)14-9-11-21(20,3)19(27)23(17(14)25)12-10-16(24)22-15-8-6-5-7-13(15)18(26)28-4/h5-8,14H,9-12H2,1-4H3,(H,22,24). The van der Waals surface area contributed by atoms with Gasteiger partial charge in [-0.15, -0.1) is 0 Å². The van der Waals surface area contributed by atoms with Crippen molar-refractivity contribution in [3.05, 3.63) is 29.8 Å². The number of hydrogen-bond acceptors (Lipinski definition) is 5. The molecule has 1 aromatic carbocycles. The number of ether oxygens (including phenoxy) is 1. The van der Waals surface area contributed by atoms with Crippen molar-refractivity contribution < 1.29 is 23.9 Å². The molecule has 1 aliphatic carbocycles. The SMILES string of the molecule is COC(=O)c1ccccc1NC(=O)CCN1C(=O)C2CCC(C)(C1=O)C2(C)C. The van der Waals surface area contributed by atoms with Crippen LogP contribution in [0.15, 0.2) is 24.3 Å². The molecule has 2 unspecified atom stereocenters. The lowest BCUT2D eigenvalue weighted by atomic mass is 9.62. The van der Waals surface area contributed by atoms with Crippen LogP contribution in [-0.4, -0.2) is 42.2 Å². The van der Waals surface area contributed by atoms with Crippen LogP contribution in [0.4, 0.5) is 5.69 Å². The number of anilines is 1. The van der Waals surface area contributed by atoms with Gasteiger partial charge in [-0.1, -0.05) is 32.9 Å². The maximum atomic E-state index is 13.0. The summed E-state index contributed by atoms with van der Waals surface area (Å²) in [6.07, 6.45) is 1.35. The van der Waals surface area contributed by atoms with Crippen molar-refractivity contribution in [1.82, 2.24) is 4.90 Å². The number of amides is 3. The van der Waals surface area contributed by atoms with Gasteiger partial charge in [0.1, 0.15) is 0 Å². The van der Waals surface area contributed by atoms with Gasteiger partial charge in [-0.2, -0.15) is 0 Å². The summed E-state index contributed by atoms with van der Waals surface area (Å²) in [5.74, 6) is -1.51. The first-order valence-electron chi connectivity index (χ1n) is 9.46. The molecule has 2 fully saturated rings. The van der Waals surface area contributed by atoms with Gasteiger partial charge in [0.2, 0.25) is 17.7 Å². The monoisotopic (exact) mass is 386 g/mol. The van der Waals surface area contributed by atoms with Crippen molar-refractivity contribution >= 4 is 29.4 Å². The number of para-hydroxylation sites is 1. The zero-order valence-electron chi connectivity index (χ0n) is 16.7. The Hall–Kier alpha value is -2.70. The van der Waals surface area contributed by atoms with E-state index >= 15 is 0 Å². The number of nitrogens with zero attached hydrogens (tertiary/aromatic N) is 1. The Morgan fingerprint density at radius 2 is 1.89 bits per heavy atom. The number of nitrogens with one attached hydrogen (secondary N) is 1. The van der Waals surface area contributed by atoms with Crippen molar-refractivity contribution in [2.24, 2.45) is 16.7 Å². The Bertz CT molecular complexity index is 847. The Labute approximate surface area is 164 Å². The third-order valence-electron chi connectivity index (χ3n) is 6.68. The molecule has 0 aromatic heterocycles. The zero-order chi connectivity index (χ0) is 20.7. The molecule has 2 bridgehead atoms. The fourth-order valence-electron chi connectivity index (χ4n) is 4.42. The van der Waals surface area contributed by atoms with E-state index in [-0.39, 0.29) is 47.6 Å². The molecule has 1 heterocycles. The van der Waals surface area contributed by atoms with Gasteiger partial charge in [-0.05, 0) is 30.4 Å². The lowest BCUT2D eigenvalue weighted by molar-refractivity contribution is -0.167. The number of imide groups is 1. The number of esters is 1. The van der Waals surface area contributed by atoms with Crippen LogP contribution in [0.1, 0.15) is 50.4 Å². The highest BCUT2D eigenvalue weighted by molar-refractivity contribution is 6.05. The molecule has 0 radical (unpaired) electrons. The highest BCUT2D eigenvalue weighted by Gasteiger charge is 2.64. The smallest absolute Gasteiger partial charge is 0.339 e. The van der Waals surface area contributed by atoms with Crippen LogP contribution in [0.25, 0.3) is 0 Å². The third-order valence-corrected chi connectivity index (χ3v) is 6.68. The van der Waals surface area contributed by atoms with Crippen molar-refractivity contribution in [2.45, 2.75) is 40.0 Å². The van der Waals surface area contributed by atoms with Gasteiger partial charge in [0.05, 0.1) is 23.8 Å². The summed E-state index contributed by atoms with van der Waals surface area (Å²) in [5.41, 5.74) is -0.376. The maximum Gasteiger partial charge on any atom is 0.339 e. The normalized spacial score (nSPS) is 25.6. The van der Waals surface area contributed by atoms with E-state index < -0.39 is 11.4 Å². The second-order valence-corrected chi connectivity index (χ2v) is 8.28. The summed E-state index contributed by atoms with van der Waals surface area (Å²) in [7, 11) is 1.27. The number of piperidine rings is 1. The third kappa shape index (κ3) is 2.99. The number of hydrogen-bond donors (Lipinski definition) is 1. The minimum atomic E-state index is -0.584. The first kappa shape index (κ1) is 20.0. The number of fused-ring (bicyclic) bond motifs is 2. The molecular weight excluding hydrogens is 360 g/mol. The van der Waals surface area contributed by atoms with Crippen molar-refractivity contribution in [2.75, 3.05) is 19.0 Å². The van der Waals surface area contributed by atoms with E-state index in [2.05, 4.69) is 5.32 Å². The van der Waals surface area contributed by atoms with E-state index in [4.69, 9.17) is 4.74 Å². The molecule has 28 heavy (non-hydrogen) atoms. The van der Waals surface area contributed by atoms with Crippen LogP contribution in [0.5, 0.6) is 0 Å². The number of likely N-dealkylation sites (tertiary alicyclic amines) is 1. The number of carbonyl (C=O) groups is 4. The average Bonchev–Trinajstić information content (AvgIpc) is 2.85.